The molecule has 0 unspecified atom stereocenters. The highest BCUT2D eigenvalue weighted by molar-refractivity contribution is 9.10. The van der Waals surface area contributed by atoms with Gasteiger partial charge in [-0.2, -0.15) is 0 Å². The third-order valence-electron chi connectivity index (χ3n) is 1.69. The first kappa shape index (κ1) is 9.55. The van der Waals surface area contributed by atoms with E-state index in [9.17, 15) is 4.79 Å². The fourth-order valence-corrected chi connectivity index (χ4v) is 1.62. The average Bonchev–Trinajstić information content (AvgIpc) is 2.73. The Hall–Kier alpha value is -1.00. The zero-order valence-electron chi connectivity index (χ0n) is 6.79. The van der Waals surface area contributed by atoms with Crippen molar-refractivity contribution in [3.63, 3.8) is 0 Å². The fourth-order valence-electron chi connectivity index (χ4n) is 1.03. The van der Waals surface area contributed by atoms with Crippen LogP contribution in [-0.2, 0) is 0 Å². The molecular formula is C9H4BrClO3. The van der Waals surface area contributed by atoms with Gasteiger partial charge in [0.25, 0.3) is 0 Å². The van der Waals surface area contributed by atoms with Gasteiger partial charge in [-0.1, -0.05) is 0 Å². The lowest BCUT2D eigenvalue weighted by atomic mass is 10.2. The topological polar surface area (TPSA) is 43.4 Å². The summed E-state index contributed by atoms with van der Waals surface area (Å²) >= 11 is 8.85. The molecule has 0 spiro atoms. The lowest BCUT2D eigenvalue weighted by molar-refractivity contribution is 0.101. The average molecular weight is 275 g/mol. The Morgan fingerprint density at radius 1 is 1.29 bits per heavy atom. The summed E-state index contributed by atoms with van der Waals surface area (Å²) < 4.78 is 10.4. The molecule has 2 rings (SSSR count). The molecule has 3 nitrogen and oxygen atoms in total. The molecule has 0 aromatic carbocycles. The first-order valence-electron chi connectivity index (χ1n) is 3.71. The van der Waals surface area contributed by atoms with Crippen LogP contribution >= 0.6 is 27.5 Å². The number of carbonyl (C=O) groups is 1. The van der Waals surface area contributed by atoms with Crippen molar-refractivity contribution in [1.82, 2.24) is 0 Å². The van der Waals surface area contributed by atoms with Gasteiger partial charge < -0.3 is 8.83 Å². The molecule has 0 aliphatic rings. The van der Waals surface area contributed by atoms with Gasteiger partial charge in [-0.05, 0) is 39.7 Å². The molecule has 72 valence electrons. The van der Waals surface area contributed by atoms with Gasteiger partial charge in [-0.25, -0.2) is 0 Å². The molecule has 2 aromatic heterocycles. The van der Waals surface area contributed by atoms with Gasteiger partial charge >= 0.3 is 0 Å². The largest absolute Gasteiger partial charge is 0.460 e. The molecule has 0 N–H and O–H groups in total. The normalized spacial score (nSPS) is 10.4. The van der Waals surface area contributed by atoms with Crippen LogP contribution in [0, 0.1) is 0 Å². The van der Waals surface area contributed by atoms with E-state index >= 15 is 0 Å². The van der Waals surface area contributed by atoms with Crippen LogP contribution < -0.4 is 0 Å². The summed E-state index contributed by atoms with van der Waals surface area (Å²) in [5, 5.41) is 0.0679. The summed E-state index contributed by atoms with van der Waals surface area (Å²) in [5.74, 6) is -0.0890. The Kier molecular flexibility index (Phi) is 2.48. The van der Waals surface area contributed by atoms with Gasteiger partial charge in [0.05, 0.1) is 22.6 Å². The van der Waals surface area contributed by atoms with Crippen LogP contribution in [0.5, 0.6) is 0 Å². The van der Waals surface area contributed by atoms with E-state index in [1.807, 2.05) is 0 Å². The highest BCUT2D eigenvalue weighted by Gasteiger charge is 2.20. The van der Waals surface area contributed by atoms with Crippen LogP contribution in [0.3, 0.4) is 0 Å². The standard InChI is InChI=1S/C9H4BrClO3/c10-6-2-4-13-8(6)7(12)5-1-3-14-9(5)11/h1-4H. The maximum atomic E-state index is 11.7. The second kappa shape index (κ2) is 3.63. The zero-order chi connectivity index (χ0) is 10.1. The highest BCUT2D eigenvalue weighted by Crippen LogP contribution is 2.25. The third-order valence-corrected chi connectivity index (χ3v) is 2.60. The van der Waals surface area contributed by atoms with E-state index in [-0.39, 0.29) is 16.8 Å². The molecule has 0 aliphatic carbocycles. The molecule has 0 bridgehead atoms. The first-order valence-corrected chi connectivity index (χ1v) is 4.88. The lowest BCUT2D eigenvalue weighted by Gasteiger charge is -1.93. The fraction of sp³-hybridized carbons (Fsp3) is 0. The smallest absolute Gasteiger partial charge is 0.234 e. The second-order valence-electron chi connectivity index (χ2n) is 2.53. The molecule has 0 saturated heterocycles. The van der Waals surface area contributed by atoms with Crippen molar-refractivity contribution in [3.05, 3.63) is 45.7 Å². The van der Waals surface area contributed by atoms with Gasteiger partial charge in [0.2, 0.25) is 11.0 Å². The van der Waals surface area contributed by atoms with Gasteiger partial charge in [0, 0.05) is 0 Å². The number of furan rings is 2. The van der Waals surface area contributed by atoms with E-state index in [1.54, 1.807) is 6.07 Å². The maximum Gasteiger partial charge on any atom is 0.234 e. The van der Waals surface area contributed by atoms with Crippen LogP contribution in [0.25, 0.3) is 0 Å². The Balaban J connectivity index is 2.44. The summed E-state index contributed by atoms with van der Waals surface area (Å²) in [6, 6.07) is 3.14. The Bertz CT molecular complexity index is 430. The molecule has 5 heteroatoms. The molecule has 2 heterocycles. The van der Waals surface area contributed by atoms with E-state index in [2.05, 4.69) is 15.9 Å². The molecule has 0 fully saturated rings. The van der Waals surface area contributed by atoms with Crippen molar-refractivity contribution in [3.8, 4) is 0 Å². The van der Waals surface area contributed by atoms with Gasteiger partial charge in [-0.3, -0.25) is 4.79 Å². The number of halogens is 2. The molecule has 0 saturated carbocycles. The first-order chi connectivity index (χ1) is 6.70. The summed E-state index contributed by atoms with van der Waals surface area (Å²) in [5.41, 5.74) is 0.294. The van der Waals surface area contributed by atoms with Crippen LogP contribution in [-0.4, -0.2) is 5.78 Å². The number of rotatable bonds is 2. The number of ketones is 1. The minimum Gasteiger partial charge on any atom is -0.460 e. The van der Waals surface area contributed by atoms with E-state index < -0.39 is 0 Å². The number of hydrogen-bond donors (Lipinski definition) is 0. The van der Waals surface area contributed by atoms with Crippen molar-refractivity contribution in [2.75, 3.05) is 0 Å². The third kappa shape index (κ3) is 1.51. The monoisotopic (exact) mass is 274 g/mol. The Labute approximate surface area is 92.8 Å². The molecule has 0 radical (unpaired) electrons. The van der Waals surface area contributed by atoms with Crippen LogP contribution in [0.15, 0.2) is 38.0 Å². The molecule has 0 aliphatic heterocycles. The van der Waals surface area contributed by atoms with Gasteiger partial charge in [-0.15, -0.1) is 0 Å². The molecule has 2 aromatic rings. The molecule has 0 atom stereocenters. The van der Waals surface area contributed by atoms with Crippen molar-refractivity contribution in [1.29, 1.82) is 0 Å². The molecular weight excluding hydrogens is 271 g/mol. The van der Waals surface area contributed by atoms with Crippen LogP contribution in [0.4, 0.5) is 0 Å². The maximum absolute atomic E-state index is 11.7. The van der Waals surface area contributed by atoms with E-state index in [4.69, 9.17) is 20.4 Å². The number of carbonyl (C=O) groups excluding carboxylic acids is 1. The highest BCUT2D eigenvalue weighted by atomic mass is 79.9. The molecule has 0 amide bonds. The minimum atomic E-state index is -0.305. The summed E-state index contributed by atoms with van der Waals surface area (Å²) in [4.78, 5) is 11.7. The SMILES string of the molecule is O=C(c1ccoc1Cl)c1occc1Br. The predicted octanol–water partition coefficient (Wildman–Crippen LogP) is 3.52. The van der Waals surface area contributed by atoms with E-state index in [0.717, 1.165) is 0 Å². The van der Waals surface area contributed by atoms with Crippen molar-refractivity contribution in [2.24, 2.45) is 0 Å². The van der Waals surface area contributed by atoms with E-state index in [1.165, 1.54) is 18.6 Å². The van der Waals surface area contributed by atoms with Crippen LogP contribution in [0.2, 0.25) is 5.22 Å². The Morgan fingerprint density at radius 2 is 2.00 bits per heavy atom. The summed E-state index contributed by atoms with van der Waals surface area (Å²) in [6.07, 6.45) is 2.78. The summed E-state index contributed by atoms with van der Waals surface area (Å²) in [6.45, 7) is 0. The second-order valence-corrected chi connectivity index (χ2v) is 3.73. The Morgan fingerprint density at radius 3 is 2.50 bits per heavy atom. The van der Waals surface area contributed by atoms with E-state index in [0.29, 0.717) is 10.0 Å². The lowest BCUT2D eigenvalue weighted by Crippen LogP contribution is -1.98. The van der Waals surface area contributed by atoms with Crippen molar-refractivity contribution < 1.29 is 13.6 Å². The van der Waals surface area contributed by atoms with Gasteiger partial charge in [0.1, 0.15) is 0 Å². The predicted molar refractivity (Wildman–Crippen MR) is 53.6 cm³/mol. The molecule has 14 heavy (non-hydrogen) atoms. The van der Waals surface area contributed by atoms with Gasteiger partial charge in [0.15, 0.2) is 5.76 Å². The van der Waals surface area contributed by atoms with Crippen molar-refractivity contribution >= 4 is 33.3 Å². The quantitative estimate of drug-likeness (QED) is 0.788. The zero-order valence-corrected chi connectivity index (χ0v) is 9.13. The number of hydrogen-bond acceptors (Lipinski definition) is 3. The van der Waals surface area contributed by atoms with Crippen molar-refractivity contribution in [2.45, 2.75) is 0 Å². The summed E-state index contributed by atoms with van der Waals surface area (Å²) in [7, 11) is 0. The van der Waals surface area contributed by atoms with Crippen LogP contribution in [0.1, 0.15) is 16.1 Å². The minimum absolute atomic E-state index is 0.0679.